The first kappa shape index (κ1) is 13.8. The van der Waals surface area contributed by atoms with Gasteiger partial charge in [0, 0.05) is 12.6 Å². The summed E-state index contributed by atoms with van der Waals surface area (Å²) in [7, 11) is 0. The van der Waals surface area contributed by atoms with E-state index in [1.54, 1.807) is 6.07 Å². The summed E-state index contributed by atoms with van der Waals surface area (Å²) >= 11 is 3.13. The van der Waals surface area contributed by atoms with Gasteiger partial charge in [-0.05, 0) is 33.1 Å². The Labute approximate surface area is 119 Å². The van der Waals surface area contributed by atoms with E-state index in [1.807, 2.05) is 24.3 Å². The third-order valence-corrected chi connectivity index (χ3v) is 3.36. The summed E-state index contributed by atoms with van der Waals surface area (Å²) in [6, 6.07) is 10.5. The zero-order chi connectivity index (χ0) is 13.8. The Hall–Kier alpha value is -1.59. The smallest absolute Gasteiger partial charge is 0.139 e. The van der Waals surface area contributed by atoms with Gasteiger partial charge in [0.05, 0.1) is 22.5 Å². The fourth-order valence-electron chi connectivity index (χ4n) is 1.75. The van der Waals surface area contributed by atoms with Gasteiger partial charge in [0.25, 0.3) is 0 Å². The number of nitrogens with two attached hydrogens (primary N) is 1. The summed E-state index contributed by atoms with van der Waals surface area (Å²) in [5.74, 6) is -0.384. The molecule has 0 saturated heterocycles. The first-order valence-electron chi connectivity index (χ1n) is 5.77. The van der Waals surface area contributed by atoms with Crippen molar-refractivity contribution in [1.29, 1.82) is 0 Å². The van der Waals surface area contributed by atoms with Crippen LogP contribution in [0.1, 0.15) is 11.1 Å². The molecule has 100 valence electrons. The first-order valence-corrected chi connectivity index (χ1v) is 6.56. The van der Waals surface area contributed by atoms with E-state index < -0.39 is 0 Å². The summed E-state index contributed by atoms with van der Waals surface area (Å²) in [6.07, 6.45) is 0. The summed E-state index contributed by atoms with van der Waals surface area (Å²) in [5, 5.41) is 12.2. The number of rotatable bonds is 4. The van der Waals surface area contributed by atoms with Crippen LogP contribution < -0.4 is 11.1 Å². The molecule has 2 aromatic rings. The quantitative estimate of drug-likeness (QED) is 0.756. The van der Waals surface area contributed by atoms with Gasteiger partial charge in [-0.2, -0.15) is 0 Å². The number of halogens is 2. The van der Waals surface area contributed by atoms with Gasteiger partial charge < -0.3 is 16.2 Å². The van der Waals surface area contributed by atoms with Crippen LogP contribution in [0.25, 0.3) is 0 Å². The van der Waals surface area contributed by atoms with Gasteiger partial charge in [0.2, 0.25) is 0 Å². The molecule has 3 nitrogen and oxygen atoms in total. The number of nitrogens with one attached hydrogen (secondary N) is 1. The molecular weight excluding hydrogens is 311 g/mol. The van der Waals surface area contributed by atoms with Gasteiger partial charge in [0.15, 0.2) is 0 Å². The zero-order valence-electron chi connectivity index (χ0n) is 10.2. The normalized spacial score (nSPS) is 10.5. The number of hydrogen-bond acceptors (Lipinski definition) is 3. The van der Waals surface area contributed by atoms with Crippen molar-refractivity contribution in [2.75, 3.05) is 11.1 Å². The predicted molar refractivity (Wildman–Crippen MR) is 78.2 cm³/mol. The van der Waals surface area contributed by atoms with Crippen LogP contribution in [0.4, 0.5) is 15.8 Å². The van der Waals surface area contributed by atoms with E-state index in [4.69, 9.17) is 10.8 Å². The van der Waals surface area contributed by atoms with Crippen LogP contribution >= 0.6 is 15.9 Å². The molecule has 2 aromatic carbocycles. The molecule has 0 fully saturated rings. The number of benzene rings is 2. The molecule has 0 heterocycles. The monoisotopic (exact) mass is 324 g/mol. The van der Waals surface area contributed by atoms with Crippen LogP contribution in [0.5, 0.6) is 0 Å². The van der Waals surface area contributed by atoms with Crippen LogP contribution in [-0.2, 0) is 13.2 Å². The Morgan fingerprint density at radius 3 is 2.68 bits per heavy atom. The van der Waals surface area contributed by atoms with Crippen LogP contribution in [-0.4, -0.2) is 5.11 Å². The highest BCUT2D eigenvalue weighted by molar-refractivity contribution is 9.10. The van der Waals surface area contributed by atoms with Gasteiger partial charge in [-0.15, -0.1) is 0 Å². The number of hydrogen-bond donors (Lipinski definition) is 3. The van der Waals surface area contributed by atoms with E-state index in [2.05, 4.69) is 21.2 Å². The fourth-order valence-corrected chi connectivity index (χ4v) is 2.09. The largest absolute Gasteiger partial charge is 0.397 e. The molecule has 0 unspecified atom stereocenters. The van der Waals surface area contributed by atoms with Crippen molar-refractivity contribution in [1.82, 2.24) is 0 Å². The predicted octanol–water partition coefficient (Wildman–Crippen LogP) is 3.27. The Kier molecular flexibility index (Phi) is 4.39. The minimum atomic E-state index is -0.384. The molecule has 0 atom stereocenters. The highest BCUT2D eigenvalue weighted by Crippen LogP contribution is 2.27. The Bertz CT molecular complexity index is 590. The molecule has 0 aliphatic heterocycles. The molecule has 0 aromatic heterocycles. The minimum Gasteiger partial charge on any atom is -0.397 e. The number of aliphatic hydroxyl groups is 1. The van der Waals surface area contributed by atoms with E-state index in [0.717, 1.165) is 11.1 Å². The molecule has 0 bridgehead atoms. The molecule has 19 heavy (non-hydrogen) atoms. The van der Waals surface area contributed by atoms with Crippen molar-refractivity contribution in [2.45, 2.75) is 13.2 Å². The molecule has 0 aliphatic carbocycles. The fraction of sp³-hybridized carbons (Fsp3) is 0.143. The highest BCUT2D eigenvalue weighted by Gasteiger charge is 2.05. The SMILES string of the molecule is Nc1cc(F)c(Br)cc1NCc1cccc(CO)c1. The Balaban J connectivity index is 2.12. The number of anilines is 2. The topological polar surface area (TPSA) is 58.3 Å². The van der Waals surface area contributed by atoms with Crippen LogP contribution in [0.2, 0.25) is 0 Å². The lowest BCUT2D eigenvalue weighted by Crippen LogP contribution is -2.03. The third kappa shape index (κ3) is 3.45. The molecule has 0 amide bonds. The van der Waals surface area contributed by atoms with E-state index in [1.165, 1.54) is 6.07 Å². The second kappa shape index (κ2) is 6.04. The lowest BCUT2D eigenvalue weighted by molar-refractivity contribution is 0.281. The lowest BCUT2D eigenvalue weighted by Gasteiger charge is -2.11. The van der Waals surface area contributed by atoms with Gasteiger partial charge in [-0.25, -0.2) is 4.39 Å². The standard InChI is InChI=1S/C14H14BrFN2O/c15-11-5-14(13(17)6-12(11)16)18-7-9-2-1-3-10(4-9)8-19/h1-6,18-19H,7-8,17H2. The second-order valence-electron chi connectivity index (χ2n) is 4.19. The minimum absolute atomic E-state index is 0.0120. The summed E-state index contributed by atoms with van der Waals surface area (Å²) < 4.78 is 13.6. The number of aliphatic hydroxyl groups excluding tert-OH is 1. The van der Waals surface area contributed by atoms with Crippen LogP contribution in [0.3, 0.4) is 0 Å². The van der Waals surface area contributed by atoms with Gasteiger partial charge in [0.1, 0.15) is 5.82 Å². The van der Waals surface area contributed by atoms with Gasteiger partial charge in [-0.3, -0.25) is 0 Å². The molecule has 5 heteroatoms. The molecule has 0 saturated carbocycles. The van der Waals surface area contributed by atoms with Crippen LogP contribution in [0.15, 0.2) is 40.9 Å². The van der Waals surface area contributed by atoms with Gasteiger partial charge >= 0.3 is 0 Å². The Morgan fingerprint density at radius 1 is 1.21 bits per heavy atom. The molecule has 0 spiro atoms. The van der Waals surface area contributed by atoms with Crippen molar-refractivity contribution in [3.8, 4) is 0 Å². The van der Waals surface area contributed by atoms with Crippen molar-refractivity contribution in [3.63, 3.8) is 0 Å². The summed E-state index contributed by atoms with van der Waals surface area (Å²) in [6.45, 7) is 0.564. The van der Waals surface area contributed by atoms with E-state index >= 15 is 0 Å². The maximum absolute atomic E-state index is 13.2. The van der Waals surface area contributed by atoms with Crippen molar-refractivity contribution in [3.05, 3.63) is 57.8 Å². The average Bonchev–Trinajstić information content (AvgIpc) is 2.41. The van der Waals surface area contributed by atoms with E-state index in [-0.39, 0.29) is 12.4 Å². The molecule has 2 rings (SSSR count). The van der Waals surface area contributed by atoms with Crippen molar-refractivity contribution < 1.29 is 9.50 Å². The van der Waals surface area contributed by atoms with Gasteiger partial charge in [-0.1, -0.05) is 24.3 Å². The van der Waals surface area contributed by atoms with E-state index in [0.29, 0.717) is 22.4 Å². The maximum atomic E-state index is 13.2. The molecule has 0 aliphatic rings. The Morgan fingerprint density at radius 2 is 1.95 bits per heavy atom. The second-order valence-corrected chi connectivity index (χ2v) is 5.04. The third-order valence-electron chi connectivity index (χ3n) is 2.75. The zero-order valence-corrected chi connectivity index (χ0v) is 11.7. The van der Waals surface area contributed by atoms with Crippen molar-refractivity contribution in [2.24, 2.45) is 0 Å². The number of nitrogen functional groups attached to an aromatic ring is 1. The first-order chi connectivity index (χ1) is 9.10. The highest BCUT2D eigenvalue weighted by atomic mass is 79.9. The summed E-state index contributed by atoms with van der Waals surface area (Å²) in [5.41, 5.74) is 8.65. The van der Waals surface area contributed by atoms with Crippen molar-refractivity contribution >= 4 is 27.3 Å². The molecule has 0 radical (unpaired) electrons. The average molecular weight is 325 g/mol. The maximum Gasteiger partial charge on any atom is 0.139 e. The van der Waals surface area contributed by atoms with Crippen LogP contribution in [0, 0.1) is 5.82 Å². The molecule has 4 N–H and O–H groups in total. The van der Waals surface area contributed by atoms with E-state index in [9.17, 15) is 4.39 Å². The summed E-state index contributed by atoms with van der Waals surface area (Å²) in [4.78, 5) is 0. The molecular formula is C14H14BrFN2O. The lowest BCUT2D eigenvalue weighted by atomic mass is 10.1.